The summed E-state index contributed by atoms with van der Waals surface area (Å²) >= 11 is 0. The zero-order chi connectivity index (χ0) is 12.1. The van der Waals surface area contributed by atoms with Gasteiger partial charge in [-0.15, -0.1) is 0 Å². The zero-order valence-electron chi connectivity index (χ0n) is 9.77. The maximum absolute atomic E-state index is 9.19. The smallest absolute Gasteiger partial charge is 0.115 e. The van der Waals surface area contributed by atoms with Crippen molar-refractivity contribution in [2.75, 3.05) is 11.9 Å². The molecule has 0 heterocycles. The number of likely N-dealkylation sites (N-methyl/N-ethyl adjacent to an activating group) is 1. The van der Waals surface area contributed by atoms with Crippen LogP contribution in [0.4, 0.5) is 5.69 Å². The quantitative estimate of drug-likeness (QED) is 0.777. The fourth-order valence-corrected chi connectivity index (χ4v) is 1.19. The number of allylic oxidation sites excluding steroid dienone is 3. The summed E-state index contributed by atoms with van der Waals surface area (Å²) in [6.07, 6.45) is 3.83. The molecule has 1 N–H and O–H groups in total. The number of phenols is 1. The average molecular weight is 215 g/mol. The van der Waals surface area contributed by atoms with Gasteiger partial charge in [-0.3, -0.25) is 0 Å². The van der Waals surface area contributed by atoms with Gasteiger partial charge in [-0.1, -0.05) is 24.8 Å². The van der Waals surface area contributed by atoms with Gasteiger partial charge in [0.25, 0.3) is 0 Å². The van der Waals surface area contributed by atoms with Crippen molar-refractivity contribution in [3.05, 3.63) is 60.8 Å². The van der Waals surface area contributed by atoms with Crippen LogP contribution in [0.1, 0.15) is 6.92 Å². The van der Waals surface area contributed by atoms with Gasteiger partial charge in [0.1, 0.15) is 5.75 Å². The number of anilines is 1. The van der Waals surface area contributed by atoms with Crippen molar-refractivity contribution in [3.8, 4) is 5.75 Å². The molecule has 16 heavy (non-hydrogen) atoms. The summed E-state index contributed by atoms with van der Waals surface area (Å²) in [6, 6.07) is 6.99. The molecule has 0 amide bonds. The van der Waals surface area contributed by atoms with E-state index in [4.69, 9.17) is 0 Å². The van der Waals surface area contributed by atoms with Gasteiger partial charge >= 0.3 is 0 Å². The van der Waals surface area contributed by atoms with Crippen LogP contribution in [0.15, 0.2) is 60.8 Å². The first-order chi connectivity index (χ1) is 7.50. The van der Waals surface area contributed by atoms with Crippen LogP contribution in [-0.2, 0) is 0 Å². The lowest BCUT2D eigenvalue weighted by Gasteiger charge is -2.19. The third-order valence-electron chi connectivity index (χ3n) is 2.23. The Morgan fingerprint density at radius 3 is 2.25 bits per heavy atom. The molecule has 0 spiro atoms. The van der Waals surface area contributed by atoms with Gasteiger partial charge < -0.3 is 10.0 Å². The Balaban J connectivity index is 2.78. The van der Waals surface area contributed by atoms with Crippen molar-refractivity contribution >= 4 is 5.69 Å². The summed E-state index contributed by atoms with van der Waals surface area (Å²) in [6.45, 7) is 9.69. The van der Waals surface area contributed by atoms with Crippen LogP contribution in [0.25, 0.3) is 0 Å². The van der Waals surface area contributed by atoms with Crippen LogP contribution in [-0.4, -0.2) is 12.2 Å². The van der Waals surface area contributed by atoms with E-state index in [1.807, 2.05) is 43.2 Å². The van der Waals surface area contributed by atoms with Crippen LogP contribution in [0.2, 0.25) is 0 Å². The molecule has 2 nitrogen and oxygen atoms in total. The molecule has 1 rings (SSSR count). The highest BCUT2D eigenvalue weighted by atomic mass is 16.3. The van der Waals surface area contributed by atoms with E-state index in [1.165, 1.54) is 0 Å². The molecule has 0 atom stereocenters. The number of aromatic hydroxyl groups is 1. The molecule has 0 aliphatic carbocycles. The monoisotopic (exact) mass is 215 g/mol. The molecule has 1 aromatic carbocycles. The van der Waals surface area contributed by atoms with Crippen LogP contribution in [0.3, 0.4) is 0 Å². The highest BCUT2D eigenvalue weighted by Crippen LogP contribution is 2.20. The van der Waals surface area contributed by atoms with E-state index in [-0.39, 0.29) is 5.75 Å². The van der Waals surface area contributed by atoms with Gasteiger partial charge in [0.15, 0.2) is 0 Å². The van der Waals surface area contributed by atoms with E-state index in [0.717, 1.165) is 17.0 Å². The second-order valence-electron chi connectivity index (χ2n) is 3.75. The minimum Gasteiger partial charge on any atom is -0.508 e. The van der Waals surface area contributed by atoms with Crippen molar-refractivity contribution in [1.82, 2.24) is 0 Å². The van der Waals surface area contributed by atoms with Crippen molar-refractivity contribution < 1.29 is 5.11 Å². The van der Waals surface area contributed by atoms with Crippen molar-refractivity contribution in [2.24, 2.45) is 0 Å². The van der Waals surface area contributed by atoms with Crippen molar-refractivity contribution in [1.29, 1.82) is 0 Å². The zero-order valence-corrected chi connectivity index (χ0v) is 9.77. The summed E-state index contributed by atoms with van der Waals surface area (Å²) < 4.78 is 0. The summed E-state index contributed by atoms with van der Waals surface area (Å²) in [5.74, 6) is 0.264. The first-order valence-electron chi connectivity index (χ1n) is 5.06. The Morgan fingerprint density at radius 1 is 1.19 bits per heavy atom. The Bertz CT molecular complexity index is 415. The normalized spacial score (nSPS) is 10.4. The van der Waals surface area contributed by atoms with Crippen LogP contribution in [0.5, 0.6) is 5.75 Å². The number of hydrogen-bond donors (Lipinski definition) is 1. The number of benzene rings is 1. The third kappa shape index (κ3) is 3.31. The van der Waals surface area contributed by atoms with E-state index in [1.54, 1.807) is 12.1 Å². The first kappa shape index (κ1) is 12.1. The molecule has 0 saturated heterocycles. The fourth-order valence-electron chi connectivity index (χ4n) is 1.19. The molecule has 0 aromatic heterocycles. The Morgan fingerprint density at radius 2 is 1.75 bits per heavy atom. The predicted octanol–water partition coefficient (Wildman–Crippen LogP) is 3.47. The molecular weight excluding hydrogens is 198 g/mol. The summed E-state index contributed by atoms with van der Waals surface area (Å²) in [4.78, 5) is 1.94. The van der Waals surface area contributed by atoms with Crippen LogP contribution in [0, 0.1) is 0 Å². The van der Waals surface area contributed by atoms with Gasteiger partial charge in [-0.25, -0.2) is 0 Å². The molecule has 0 aliphatic heterocycles. The third-order valence-corrected chi connectivity index (χ3v) is 2.23. The number of hydrogen-bond acceptors (Lipinski definition) is 2. The van der Waals surface area contributed by atoms with Crippen molar-refractivity contribution in [3.63, 3.8) is 0 Å². The lowest BCUT2D eigenvalue weighted by Crippen LogP contribution is -2.13. The maximum atomic E-state index is 9.19. The van der Waals surface area contributed by atoms with E-state index < -0.39 is 0 Å². The molecule has 0 unspecified atom stereocenters. The molecule has 0 aliphatic rings. The molecule has 1 aromatic rings. The standard InChI is InChI=1S/C14H17NO/c1-11(2)5-6-12(3)15(4)13-7-9-14(16)10-8-13/h5-10,16H,1,3H2,2,4H3/b6-5-. The summed E-state index contributed by atoms with van der Waals surface area (Å²) in [7, 11) is 1.93. The minimum absolute atomic E-state index is 0.264. The highest BCUT2D eigenvalue weighted by molar-refractivity contribution is 5.54. The number of rotatable bonds is 4. The minimum atomic E-state index is 0.264. The summed E-state index contributed by atoms with van der Waals surface area (Å²) in [5, 5.41) is 9.19. The molecule has 0 saturated carbocycles. The maximum Gasteiger partial charge on any atom is 0.115 e. The summed E-state index contributed by atoms with van der Waals surface area (Å²) in [5.41, 5.74) is 2.84. The Labute approximate surface area is 96.8 Å². The molecular formula is C14H17NO. The first-order valence-corrected chi connectivity index (χ1v) is 5.06. The van der Waals surface area contributed by atoms with Crippen LogP contribution < -0.4 is 4.90 Å². The largest absolute Gasteiger partial charge is 0.508 e. The Hall–Kier alpha value is -1.96. The van der Waals surface area contributed by atoms with Gasteiger partial charge in [0.2, 0.25) is 0 Å². The molecule has 0 radical (unpaired) electrons. The Kier molecular flexibility index (Phi) is 3.95. The topological polar surface area (TPSA) is 23.5 Å². The van der Waals surface area contributed by atoms with Gasteiger partial charge in [-0.2, -0.15) is 0 Å². The van der Waals surface area contributed by atoms with Crippen molar-refractivity contribution in [2.45, 2.75) is 6.92 Å². The van der Waals surface area contributed by atoms with Gasteiger partial charge in [0, 0.05) is 18.4 Å². The van der Waals surface area contributed by atoms with Crippen LogP contribution >= 0.6 is 0 Å². The van der Waals surface area contributed by atoms with E-state index in [9.17, 15) is 5.11 Å². The lowest BCUT2D eigenvalue weighted by atomic mass is 10.2. The van der Waals surface area contributed by atoms with E-state index in [2.05, 4.69) is 13.2 Å². The second kappa shape index (κ2) is 5.21. The van der Waals surface area contributed by atoms with Gasteiger partial charge in [0.05, 0.1) is 0 Å². The highest BCUT2D eigenvalue weighted by Gasteiger charge is 2.01. The average Bonchev–Trinajstić information content (AvgIpc) is 2.26. The second-order valence-corrected chi connectivity index (χ2v) is 3.75. The lowest BCUT2D eigenvalue weighted by molar-refractivity contribution is 0.475. The fraction of sp³-hybridized carbons (Fsp3) is 0.143. The number of nitrogens with zero attached hydrogens (tertiary/aromatic N) is 1. The molecule has 2 heteroatoms. The molecule has 0 bridgehead atoms. The van der Waals surface area contributed by atoms with Gasteiger partial charge in [-0.05, 0) is 37.3 Å². The van der Waals surface area contributed by atoms with E-state index >= 15 is 0 Å². The number of phenolic OH excluding ortho intramolecular Hbond substituents is 1. The predicted molar refractivity (Wildman–Crippen MR) is 69.6 cm³/mol. The SMILES string of the molecule is C=C(C)/C=C\C(=C)N(C)c1ccc(O)cc1. The van der Waals surface area contributed by atoms with E-state index in [0.29, 0.717) is 0 Å². The molecule has 84 valence electrons. The molecule has 0 fully saturated rings.